The minimum Gasteiger partial charge on any atom is -0.365 e. The highest BCUT2D eigenvalue weighted by molar-refractivity contribution is 5.34. The van der Waals surface area contributed by atoms with Crippen molar-refractivity contribution in [1.82, 2.24) is 9.97 Å². The van der Waals surface area contributed by atoms with Crippen LogP contribution in [0.15, 0.2) is 30.5 Å². The molecule has 0 aliphatic rings. The van der Waals surface area contributed by atoms with Gasteiger partial charge in [0.1, 0.15) is 11.6 Å². The molecule has 1 N–H and O–H groups in total. The quantitative estimate of drug-likeness (QED) is 0.882. The summed E-state index contributed by atoms with van der Waals surface area (Å²) in [6, 6.07) is 6.39. The first-order chi connectivity index (χ1) is 8.15. The lowest BCUT2D eigenvalue weighted by atomic mass is 10.2. The number of aryl methyl sites for hydroxylation is 2. The monoisotopic (exact) mass is 231 g/mol. The molecule has 3 nitrogen and oxygen atoms in total. The second-order valence-electron chi connectivity index (χ2n) is 3.91. The number of halogens is 1. The molecule has 0 saturated carbocycles. The van der Waals surface area contributed by atoms with Gasteiger partial charge in [0.05, 0.1) is 17.6 Å². The summed E-state index contributed by atoms with van der Waals surface area (Å²) in [6.45, 7) is 4.45. The Kier molecular flexibility index (Phi) is 3.32. The maximum absolute atomic E-state index is 12.7. The van der Waals surface area contributed by atoms with Crippen molar-refractivity contribution in [2.75, 3.05) is 5.32 Å². The maximum Gasteiger partial charge on any atom is 0.145 e. The zero-order valence-electron chi connectivity index (χ0n) is 9.87. The van der Waals surface area contributed by atoms with Crippen molar-refractivity contribution in [3.8, 4) is 0 Å². The molecule has 1 aromatic heterocycles. The van der Waals surface area contributed by atoms with Gasteiger partial charge < -0.3 is 5.32 Å². The molecule has 0 amide bonds. The summed E-state index contributed by atoms with van der Waals surface area (Å²) in [4.78, 5) is 8.58. The van der Waals surface area contributed by atoms with Gasteiger partial charge in [-0.15, -0.1) is 0 Å². The Hall–Kier alpha value is -1.97. The summed E-state index contributed by atoms with van der Waals surface area (Å²) >= 11 is 0. The zero-order chi connectivity index (χ0) is 12.3. The first-order valence-corrected chi connectivity index (χ1v) is 5.44. The zero-order valence-corrected chi connectivity index (χ0v) is 9.87. The highest BCUT2D eigenvalue weighted by Gasteiger charge is 1.99. The number of hydrogen-bond acceptors (Lipinski definition) is 3. The van der Waals surface area contributed by atoms with Gasteiger partial charge in [0.2, 0.25) is 0 Å². The molecule has 2 aromatic rings. The van der Waals surface area contributed by atoms with Crippen LogP contribution >= 0.6 is 0 Å². The molecule has 1 aromatic carbocycles. The van der Waals surface area contributed by atoms with E-state index < -0.39 is 0 Å². The molecule has 2 rings (SSSR count). The fourth-order valence-corrected chi connectivity index (χ4v) is 1.42. The molecule has 88 valence electrons. The van der Waals surface area contributed by atoms with Gasteiger partial charge in [-0.2, -0.15) is 0 Å². The highest BCUT2D eigenvalue weighted by Crippen LogP contribution is 2.08. The van der Waals surface area contributed by atoms with Crippen LogP contribution in [0.4, 0.5) is 10.2 Å². The molecule has 0 spiro atoms. The van der Waals surface area contributed by atoms with E-state index in [1.54, 1.807) is 18.3 Å². The fraction of sp³-hybridized carbons (Fsp3) is 0.231. The van der Waals surface area contributed by atoms with Crippen molar-refractivity contribution < 1.29 is 4.39 Å². The normalized spacial score (nSPS) is 10.3. The van der Waals surface area contributed by atoms with Gasteiger partial charge in [0, 0.05) is 6.54 Å². The second-order valence-corrected chi connectivity index (χ2v) is 3.91. The van der Waals surface area contributed by atoms with E-state index in [1.165, 1.54) is 12.1 Å². The van der Waals surface area contributed by atoms with Crippen molar-refractivity contribution in [3.05, 3.63) is 53.2 Å². The van der Waals surface area contributed by atoms with Gasteiger partial charge >= 0.3 is 0 Å². The smallest absolute Gasteiger partial charge is 0.145 e. The first-order valence-electron chi connectivity index (χ1n) is 5.44. The predicted molar refractivity (Wildman–Crippen MR) is 65.2 cm³/mol. The number of nitrogens with one attached hydrogen (secondary N) is 1. The van der Waals surface area contributed by atoms with Crippen LogP contribution in [0, 0.1) is 19.7 Å². The van der Waals surface area contributed by atoms with Gasteiger partial charge in [0.15, 0.2) is 0 Å². The van der Waals surface area contributed by atoms with Crippen LogP contribution in [0.2, 0.25) is 0 Å². The molecule has 1 heterocycles. The molecule has 0 radical (unpaired) electrons. The minimum atomic E-state index is -0.222. The van der Waals surface area contributed by atoms with Crippen LogP contribution in [0.5, 0.6) is 0 Å². The van der Waals surface area contributed by atoms with Gasteiger partial charge in [-0.25, -0.2) is 9.37 Å². The second kappa shape index (κ2) is 4.91. The average molecular weight is 231 g/mol. The standard InChI is InChI=1S/C13H14FN3/c1-9-10(2)17-13(8-15-9)16-7-11-3-5-12(14)6-4-11/h3-6,8H,7H2,1-2H3,(H,16,17). The van der Waals surface area contributed by atoms with Crippen molar-refractivity contribution in [3.63, 3.8) is 0 Å². The van der Waals surface area contributed by atoms with E-state index in [-0.39, 0.29) is 5.82 Å². The lowest BCUT2D eigenvalue weighted by Gasteiger charge is -2.07. The predicted octanol–water partition coefficient (Wildman–Crippen LogP) is 2.84. The van der Waals surface area contributed by atoms with Gasteiger partial charge in [-0.05, 0) is 31.5 Å². The van der Waals surface area contributed by atoms with Gasteiger partial charge in [0.25, 0.3) is 0 Å². The van der Waals surface area contributed by atoms with E-state index in [0.717, 1.165) is 22.8 Å². The average Bonchev–Trinajstić information content (AvgIpc) is 2.33. The number of nitrogens with zero attached hydrogens (tertiary/aromatic N) is 2. The number of hydrogen-bond donors (Lipinski definition) is 1. The summed E-state index contributed by atoms with van der Waals surface area (Å²) in [5.41, 5.74) is 2.85. The number of benzene rings is 1. The van der Waals surface area contributed by atoms with Crippen LogP contribution in [-0.4, -0.2) is 9.97 Å². The molecule has 0 unspecified atom stereocenters. The van der Waals surface area contributed by atoms with Crippen LogP contribution in [-0.2, 0) is 6.54 Å². The topological polar surface area (TPSA) is 37.8 Å². The lowest BCUT2D eigenvalue weighted by Crippen LogP contribution is -2.03. The summed E-state index contributed by atoms with van der Waals surface area (Å²) in [5, 5.41) is 3.15. The van der Waals surface area contributed by atoms with E-state index in [9.17, 15) is 4.39 Å². The molecule has 17 heavy (non-hydrogen) atoms. The minimum absolute atomic E-state index is 0.222. The van der Waals surface area contributed by atoms with Crippen molar-refractivity contribution >= 4 is 5.82 Å². The molecule has 0 atom stereocenters. The number of rotatable bonds is 3. The summed E-state index contributed by atoms with van der Waals surface area (Å²) in [7, 11) is 0. The molecule has 4 heteroatoms. The summed E-state index contributed by atoms with van der Waals surface area (Å²) in [6.07, 6.45) is 1.70. The Bertz CT molecular complexity index is 509. The van der Waals surface area contributed by atoms with Crippen molar-refractivity contribution in [2.45, 2.75) is 20.4 Å². The third kappa shape index (κ3) is 3.00. The largest absolute Gasteiger partial charge is 0.365 e. The Morgan fingerprint density at radius 2 is 1.82 bits per heavy atom. The van der Waals surface area contributed by atoms with Crippen LogP contribution in [0.1, 0.15) is 17.0 Å². The third-order valence-corrected chi connectivity index (χ3v) is 2.58. The van der Waals surface area contributed by atoms with Crippen molar-refractivity contribution in [1.29, 1.82) is 0 Å². The highest BCUT2D eigenvalue weighted by atomic mass is 19.1. The molecule has 0 fully saturated rings. The first kappa shape index (κ1) is 11.5. The SMILES string of the molecule is Cc1ncc(NCc2ccc(F)cc2)nc1C. The Morgan fingerprint density at radius 3 is 2.47 bits per heavy atom. The van der Waals surface area contributed by atoms with E-state index in [0.29, 0.717) is 6.54 Å². The molecule has 0 aliphatic carbocycles. The van der Waals surface area contributed by atoms with Gasteiger partial charge in [-0.3, -0.25) is 4.98 Å². The Balaban J connectivity index is 2.02. The Labute approximate surface area is 99.7 Å². The van der Waals surface area contributed by atoms with Crippen LogP contribution in [0.3, 0.4) is 0 Å². The van der Waals surface area contributed by atoms with E-state index in [2.05, 4.69) is 15.3 Å². The Morgan fingerprint density at radius 1 is 1.12 bits per heavy atom. The van der Waals surface area contributed by atoms with Crippen LogP contribution in [0.25, 0.3) is 0 Å². The molecule has 0 aliphatic heterocycles. The van der Waals surface area contributed by atoms with Crippen molar-refractivity contribution in [2.24, 2.45) is 0 Å². The number of anilines is 1. The molecule has 0 saturated heterocycles. The number of aromatic nitrogens is 2. The summed E-state index contributed by atoms with van der Waals surface area (Å²) in [5.74, 6) is 0.511. The third-order valence-electron chi connectivity index (χ3n) is 2.58. The maximum atomic E-state index is 12.7. The van der Waals surface area contributed by atoms with E-state index in [1.807, 2.05) is 13.8 Å². The fourth-order valence-electron chi connectivity index (χ4n) is 1.42. The van der Waals surface area contributed by atoms with E-state index >= 15 is 0 Å². The molecular formula is C13H14FN3. The molecular weight excluding hydrogens is 217 g/mol. The summed E-state index contributed by atoms with van der Waals surface area (Å²) < 4.78 is 12.7. The van der Waals surface area contributed by atoms with Crippen LogP contribution < -0.4 is 5.32 Å². The lowest BCUT2D eigenvalue weighted by molar-refractivity contribution is 0.627. The van der Waals surface area contributed by atoms with Gasteiger partial charge in [-0.1, -0.05) is 12.1 Å². The molecule has 0 bridgehead atoms. The van der Waals surface area contributed by atoms with E-state index in [4.69, 9.17) is 0 Å².